The molecule has 0 atom stereocenters. The summed E-state index contributed by atoms with van der Waals surface area (Å²) < 4.78 is 13.3. The van der Waals surface area contributed by atoms with Crippen molar-refractivity contribution in [1.29, 1.82) is 0 Å². The lowest BCUT2D eigenvalue weighted by molar-refractivity contribution is 0.0358. The number of carbonyl (C=O) groups excluding carboxylic acids is 1. The summed E-state index contributed by atoms with van der Waals surface area (Å²) in [7, 11) is 0. The van der Waals surface area contributed by atoms with Crippen molar-refractivity contribution in [1.82, 2.24) is 4.90 Å². The standard InChI is InChI=1S/C11H12FNO3/c12-10-3-8(15)1-2-9(10)11(16)13-4-7(5-13)6-14/h1-3,7,14-15H,4-6H2. The zero-order chi connectivity index (χ0) is 11.7. The highest BCUT2D eigenvalue weighted by Gasteiger charge is 2.31. The summed E-state index contributed by atoms with van der Waals surface area (Å²) in [6.45, 7) is 0.952. The van der Waals surface area contributed by atoms with Gasteiger partial charge in [0.15, 0.2) is 0 Å². The number of halogens is 1. The van der Waals surface area contributed by atoms with E-state index >= 15 is 0 Å². The van der Waals surface area contributed by atoms with E-state index in [0.29, 0.717) is 13.1 Å². The number of aliphatic hydroxyl groups excluding tert-OH is 1. The van der Waals surface area contributed by atoms with Crippen LogP contribution in [-0.4, -0.2) is 40.7 Å². The van der Waals surface area contributed by atoms with Gasteiger partial charge in [0.05, 0.1) is 5.56 Å². The average molecular weight is 225 g/mol. The topological polar surface area (TPSA) is 60.8 Å². The molecule has 1 amide bonds. The molecule has 1 fully saturated rings. The fraction of sp³-hybridized carbons (Fsp3) is 0.364. The maximum absolute atomic E-state index is 13.3. The van der Waals surface area contributed by atoms with Crippen molar-refractivity contribution in [3.63, 3.8) is 0 Å². The lowest BCUT2D eigenvalue weighted by Gasteiger charge is -2.38. The molecule has 2 N–H and O–H groups in total. The van der Waals surface area contributed by atoms with Gasteiger partial charge >= 0.3 is 0 Å². The molecule has 1 aliphatic heterocycles. The molecule has 1 aliphatic rings. The van der Waals surface area contributed by atoms with Crippen LogP contribution < -0.4 is 0 Å². The van der Waals surface area contributed by atoms with Crippen LogP contribution in [0.5, 0.6) is 5.75 Å². The van der Waals surface area contributed by atoms with Crippen LogP contribution in [0.4, 0.5) is 4.39 Å². The minimum Gasteiger partial charge on any atom is -0.508 e. The Kier molecular flexibility index (Phi) is 2.78. The molecule has 86 valence electrons. The van der Waals surface area contributed by atoms with Gasteiger partial charge in [-0.15, -0.1) is 0 Å². The molecule has 5 heteroatoms. The van der Waals surface area contributed by atoms with Crippen LogP contribution >= 0.6 is 0 Å². The Bertz CT molecular complexity index is 416. The molecule has 1 aromatic carbocycles. The van der Waals surface area contributed by atoms with E-state index in [9.17, 15) is 9.18 Å². The quantitative estimate of drug-likeness (QED) is 0.774. The number of amides is 1. The summed E-state index contributed by atoms with van der Waals surface area (Å²) in [5, 5.41) is 17.8. The third-order valence-electron chi connectivity index (χ3n) is 2.69. The SMILES string of the molecule is O=C(c1ccc(O)cc1F)N1CC(CO)C1. The summed E-state index contributed by atoms with van der Waals surface area (Å²) in [4.78, 5) is 13.2. The number of likely N-dealkylation sites (tertiary alicyclic amines) is 1. The van der Waals surface area contributed by atoms with E-state index in [-0.39, 0.29) is 23.8 Å². The summed E-state index contributed by atoms with van der Waals surface area (Å²) >= 11 is 0. The van der Waals surface area contributed by atoms with Gasteiger partial charge in [0.2, 0.25) is 0 Å². The zero-order valence-electron chi connectivity index (χ0n) is 8.56. The van der Waals surface area contributed by atoms with Crippen molar-refractivity contribution in [2.75, 3.05) is 19.7 Å². The molecule has 0 aromatic heterocycles. The van der Waals surface area contributed by atoms with Crippen molar-refractivity contribution in [3.05, 3.63) is 29.6 Å². The Balaban J connectivity index is 2.10. The number of phenols is 1. The number of hydrogen-bond donors (Lipinski definition) is 2. The largest absolute Gasteiger partial charge is 0.508 e. The lowest BCUT2D eigenvalue weighted by atomic mass is 10.00. The summed E-state index contributed by atoms with van der Waals surface area (Å²) in [6, 6.07) is 3.45. The first-order chi connectivity index (χ1) is 7.61. The van der Waals surface area contributed by atoms with Crippen LogP contribution in [0.25, 0.3) is 0 Å². The highest BCUT2D eigenvalue weighted by molar-refractivity contribution is 5.95. The van der Waals surface area contributed by atoms with Gasteiger partial charge < -0.3 is 15.1 Å². The van der Waals surface area contributed by atoms with Crippen LogP contribution in [0.15, 0.2) is 18.2 Å². The van der Waals surface area contributed by atoms with Gasteiger partial charge in [-0.25, -0.2) is 4.39 Å². The minimum atomic E-state index is -0.725. The van der Waals surface area contributed by atoms with E-state index in [1.807, 2.05) is 0 Å². The highest BCUT2D eigenvalue weighted by atomic mass is 19.1. The lowest BCUT2D eigenvalue weighted by Crippen LogP contribution is -2.51. The predicted octanol–water partition coefficient (Wildman–Crippen LogP) is 0.596. The molecule has 0 unspecified atom stereocenters. The van der Waals surface area contributed by atoms with Crippen LogP contribution in [-0.2, 0) is 0 Å². The number of hydrogen-bond acceptors (Lipinski definition) is 3. The third kappa shape index (κ3) is 1.86. The van der Waals surface area contributed by atoms with Gasteiger partial charge in [0.25, 0.3) is 5.91 Å². The van der Waals surface area contributed by atoms with E-state index < -0.39 is 11.7 Å². The van der Waals surface area contributed by atoms with Crippen molar-refractivity contribution >= 4 is 5.91 Å². The van der Waals surface area contributed by atoms with Crippen molar-refractivity contribution < 1.29 is 19.4 Å². The highest BCUT2D eigenvalue weighted by Crippen LogP contribution is 2.21. The van der Waals surface area contributed by atoms with Gasteiger partial charge in [0.1, 0.15) is 11.6 Å². The second-order valence-corrected chi connectivity index (χ2v) is 3.92. The molecule has 4 nitrogen and oxygen atoms in total. The number of aliphatic hydroxyl groups is 1. The first-order valence-corrected chi connectivity index (χ1v) is 5.00. The summed E-state index contributed by atoms with van der Waals surface area (Å²) in [5.74, 6) is -1.23. The number of aromatic hydroxyl groups is 1. The zero-order valence-corrected chi connectivity index (χ0v) is 8.56. The fourth-order valence-corrected chi connectivity index (χ4v) is 1.70. The molecule has 1 aromatic rings. The van der Waals surface area contributed by atoms with Gasteiger partial charge in [-0.1, -0.05) is 0 Å². The Morgan fingerprint density at radius 2 is 2.19 bits per heavy atom. The van der Waals surface area contributed by atoms with E-state index in [1.165, 1.54) is 17.0 Å². The van der Waals surface area contributed by atoms with Crippen molar-refractivity contribution in [3.8, 4) is 5.75 Å². The predicted molar refractivity (Wildman–Crippen MR) is 54.5 cm³/mol. The monoisotopic (exact) mass is 225 g/mol. The van der Waals surface area contributed by atoms with Gasteiger partial charge in [-0.2, -0.15) is 0 Å². The maximum atomic E-state index is 13.3. The maximum Gasteiger partial charge on any atom is 0.256 e. The Morgan fingerprint density at radius 1 is 1.50 bits per heavy atom. The molecule has 0 spiro atoms. The first-order valence-electron chi connectivity index (χ1n) is 5.00. The van der Waals surface area contributed by atoms with Gasteiger partial charge in [0, 0.05) is 31.7 Å². The first kappa shape index (κ1) is 10.9. The summed E-state index contributed by atoms with van der Waals surface area (Å²) in [6.07, 6.45) is 0. The third-order valence-corrected chi connectivity index (χ3v) is 2.69. The molecule has 0 bridgehead atoms. The van der Waals surface area contributed by atoms with Crippen LogP contribution in [0.2, 0.25) is 0 Å². The minimum absolute atomic E-state index is 0.0435. The molecule has 1 heterocycles. The van der Waals surface area contributed by atoms with Gasteiger partial charge in [-0.3, -0.25) is 4.79 Å². The molecule has 0 radical (unpaired) electrons. The smallest absolute Gasteiger partial charge is 0.256 e. The number of carbonyl (C=O) groups is 1. The van der Waals surface area contributed by atoms with Crippen LogP contribution in [0.1, 0.15) is 10.4 Å². The molecule has 1 saturated heterocycles. The molecule has 16 heavy (non-hydrogen) atoms. The van der Waals surface area contributed by atoms with Gasteiger partial charge in [-0.05, 0) is 12.1 Å². The number of rotatable bonds is 2. The molecule has 0 aliphatic carbocycles. The molecule has 2 rings (SSSR count). The second kappa shape index (κ2) is 4.09. The molecular formula is C11H12FNO3. The van der Waals surface area contributed by atoms with E-state index in [1.54, 1.807) is 0 Å². The molecular weight excluding hydrogens is 213 g/mol. The van der Waals surface area contributed by atoms with Crippen LogP contribution in [0.3, 0.4) is 0 Å². The van der Waals surface area contributed by atoms with Crippen LogP contribution in [0, 0.1) is 11.7 Å². The van der Waals surface area contributed by atoms with Crippen molar-refractivity contribution in [2.24, 2.45) is 5.92 Å². The van der Waals surface area contributed by atoms with E-state index in [4.69, 9.17) is 10.2 Å². The molecule has 0 saturated carbocycles. The van der Waals surface area contributed by atoms with Crippen molar-refractivity contribution in [2.45, 2.75) is 0 Å². The van der Waals surface area contributed by atoms with E-state index in [2.05, 4.69) is 0 Å². The Hall–Kier alpha value is -1.62. The normalized spacial score (nSPS) is 16.0. The Morgan fingerprint density at radius 3 is 2.75 bits per heavy atom. The van der Waals surface area contributed by atoms with E-state index in [0.717, 1.165) is 6.07 Å². The number of benzene rings is 1. The summed E-state index contributed by atoms with van der Waals surface area (Å²) in [5.41, 5.74) is -0.0470. The Labute approximate surface area is 91.9 Å². The second-order valence-electron chi connectivity index (χ2n) is 3.92. The fourth-order valence-electron chi connectivity index (χ4n) is 1.70. The number of nitrogens with zero attached hydrogens (tertiary/aromatic N) is 1. The number of phenolic OH excluding ortho intramolecular Hbond substituents is 1. The average Bonchev–Trinajstić information content (AvgIpc) is 2.15.